The van der Waals surface area contributed by atoms with Crippen molar-refractivity contribution < 1.29 is 9.05 Å². The van der Waals surface area contributed by atoms with Gasteiger partial charge in [-0.15, -0.1) is 0 Å². The van der Waals surface area contributed by atoms with Gasteiger partial charge in [-0.05, 0) is 58.4 Å². The van der Waals surface area contributed by atoms with Gasteiger partial charge in [-0.1, -0.05) is 84.0 Å². The SMILES string of the molecule is CC(C)(C)c1ccc(OP(Oc2ccc(C(C)(C)C)cc2)c2ccccc2)cc1. The van der Waals surface area contributed by atoms with Crippen molar-refractivity contribution in [1.29, 1.82) is 0 Å². The molecule has 0 radical (unpaired) electrons. The van der Waals surface area contributed by atoms with Crippen LogP contribution in [0.15, 0.2) is 78.9 Å². The van der Waals surface area contributed by atoms with Crippen LogP contribution in [-0.4, -0.2) is 0 Å². The van der Waals surface area contributed by atoms with Crippen molar-refractivity contribution in [2.45, 2.75) is 52.4 Å². The predicted molar refractivity (Wildman–Crippen MR) is 125 cm³/mol. The van der Waals surface area contributed by atoms with Crippen molar-refractivity contribution in [2.75, 3.05) is 0 Å². The highest BCUT2D eigenvalue weighted by Gasteiger charge is 2.20. The molecule has 0 unspecified atom stereocenters. The van der Waals surface area contributed by atoms with Gasteiger partial charge in [0.25, 0.3) is 0 Å². The summed E-state index contributed by atoms with van der Waals surface area (Å²) < 4.78 is 12.6. The van der Waals surface area contributed by atoms with Crippen LogP contribution in [0.5, 0.6) is 11.5 Å². The van der Waals surface area contributed by atoms with E-state index in [9.17, 15) is 0 Å². The monoisotopic (exact) mass is 406 g/mol. The molecule has 0 aromatic heterocycles. The van der Waals surface area contributed by atoms with Crippen molar-refractivity contribution in [3.05, 3.63) is 90.0 Å². The zero-order chi connectivity index (χ0) is 21.1. The molecule has 3 heteroatoms. The highest BCUT2D eigenvalue weighted by Crippen LogP contribution is 2.40. The maximum absolute atomic E-state index is 6.31. The molecule has 0 amide bonds. The molecular weight excluding hydrogens is 375 g/mol. The van der Waals surface area contributed by atoms with Crippen LogP contribution in [0.3, 0.4) is 0 Å². The minimum Gasteiger partial charge on any atom is -0.435 e. The molecule has 3 aromatic carbocycles. The minimum absolute atomic E-state index is 0.119. The second-order valence-corrected chi connectivity index (χ2v) is 10.7. The van der Waals surface area contributed by atoms with Gasteiger partial charge < -0.3 is 9.05 Å². The summed E-state index contributed by atoms with van der Waals surface area (Å²) in [7, 11) is -1.28. The van der Waals surface area contributed by atoms with Crippen LogP contribution >= 0.6 is 8.38 Å². The fourth-order valence-electron chi connectivity index (χ4n) is 2.90. The molecule has 0 N–H and O–H groups in total. The van der Waals surface area contributed by atoms with Gasteiger partial charge in [-0.25, -0.2) is 0 Å². The first kappa shape index (κ1) is 21.4. The lowest BCUT2D eigenvalue weighted by molar-refractivity contribution is 0.500. The molecule has 29 heavy (non-hydrogen) atoms. The van der Waals surface area contributed by atoms with E-state index in [0.717, 1.165) is 16.8 Å². The Morgan fingerprint density at radius 3 is 1.24 bits per heavy atom. The lowest BCUT2D eigenvalue weighted by Gasteiger charge is -2.22. The second-order valence-electron chi connectivity index (χ2n) is 9.32. The number of hydrogen-bond acceptors (Lipinski definition) is 2. The van der Waals surface area contributed by atoms with Gasteiger partial charge in [0, 0.05) is 0 Å². The third kappa shape index (κ3) is 5.84. The minimum atomic E-state index is -1.28. The Morgan fingerprint density at radius 2 is 0.897 bits per heavy atom. The van der Waals surface area contributed by atoms with E-state index in [0.29, 0.717) is 0 Å². The Balaban J connectivity index is 1.82. The lowest BCUT2D eigenvalue weighted by Crippen LogP contribution is -2.12. The molecule has 0 atom stereocenters. The van der Waals surface area contributed by atoms with Crippen molar-refractivity contribution in [1.82, 2.24) is 0 Å². The summed E-state index contributed by atoms with van der Waals surface area (Å²) in [5.41, 5.74) is 2.81. The molecule has 0 aliphatic carbocycles. The first-order valence-corrected chi connectivity index (χ1v) is 11.2. The van der Waals surface area contributed by atoms with Crippen LogP contribution in [0.25, 0.3) is 0 Å². The molecule has 0 heterocycles. The van der Waals surface area contributed by atoms with E-state index < -0.39 is 8.38 Å². The molecular formula is C26H31O2P. The average Bonchev–Trinajstić information content (AvgIpc) is 2.68. The fraction of sp³-hybridized carbons (Fsp3) is 0.308. The molecule has 0 spiro atoms. The summed E-state index contributed by atoms with van der Waals surface area (Å²) in [6.45, 7) is 13.3. The maximum atomic E-state index is 6.31. The number of benzene rings is 3. The quantitative estimate of drug-likeness (QED) is 0.412. The van der Waals surface area contributed by atoms with Crippen molar-refractivity contribution in [3.8, 4) is 11.5 Å². The first-order valence-electron chi connectivity index (χ1n) is 10.1. The van der Waals surface area contributed by atoms with E-state index in [2.05, 4.69) is 77.9 Å². The third-order valence-corrected chi connectivity index (χ3v) is 6.26. The van der Waals surface area contributed by atoms with Gasteiger partial charge in [-0.2, -0.15) is 0 Å². The largest absolute Gasteiger partial charge is 0.435 e. The zero-order valence-electron chi connectivity index (χ0n) is 18.3. The van der Waals surface area contributed by atoms with E-state index in [1.54, 1.807) is 0 Å². The van der Waals surface area contributed by atoms with Gasteiger partial charge in [0.2, 0.25) is 0 Å². The summed E-state index contributed by atoms with van der Waals surface area (Å²) in [4.78, 5) is 0. The molecule has 3 rings (SSSR count). The Hall–Kier alpha value is -2.31. The van der Waals surface area contributed by atoms with Crippen LogP contribution < -0.4 is 14.4 Å². The van der Waals surface area contributed by atoms with Crippen LogP contribution in [0.2, 0.25) is 0 Å². The van der Waals surface area contributed by atoms with Crippen molar-refractivity contribution >= 4 is 13.7 Å². The number of rotatable bonds is 5. The summed E-state index contributed by atoms with van der Waals surface area (Å²) >= 11 is 0. The standard InChI is InChI=1S/C26H31O2P/c1-25(2,3)20-12-16-22(17-13-20)27-29(24-10-8-7-9-11-24)28-23-18-14-21(15-19-23)26(4,5)6/h7-19H,1-6H3. The van der Waals surface area contributed by atoms with Crippen LogP contribution in [0, 0.1) is 0 Å². The Morgan fingerprint density at radius 1 is 0.517 bits per heavy atom. The molecule has 0 aliphatic heterocycles. The Bertz CT molecular complexity index is 843. The highest BCUT2D eigenvalue weighted by molar-refractivity contribution is 7.56. The third-order valence-electron chi connectivity index (χ3n) is 4.78. The van der Waals surface area contributed by atoms with Gasteiger partial charge >= 0.3 is 8.38 Å². The van der Waals surface area contributed by atoms with E-state index >= 15 is 0 Å². The molecule has 0 bridgehead atoms. The average molecular weight is 407 g/mol. The van der Waals surface area contributed by atoms with Crippen LogP contribution in [0.4, 0.5) is 0 Å². The van der Waals surface area contributed by atoms with E-state index in [-0.39, 0.29) is 10.8 Å². The zero-order valence-corrected chi connectivity index (χ0v) is 19.2. The normalized spacial score (nSPS) is 12.1. The predicted octanol–water partition coefficient (Wildman–Crippen LogP) is 7.38. The molecule has 2 nitrogen and oxygen atoms in total. The molecule has 152 valence electrons. The highest BCUT2D eigenvalue weighted by atomic mass is 31.2. The summed E-state index contributed by atoms with van der Waals surface area (Å²) in [6.07, 6.45) is 0. The lowest BCUT2D eigenvalue weighted by atomic mass is 9.87. The Labute approximate surface area is 176 Å². The summed E-state index contributed by atoms with van der Waals surface area (Å²) in [6, 6.07) is 26.8. The maximum Gasteiger partial charge on any atom is 0.326 e. The van der Waals surface area contributed by atoms with E-state index in [1.807, 2.05) is 42.5 Å². The molecule has 0 fully saturated rings. The molecule has 0 saturated carbocycles. The smallest absolute Gasteiger partial charge is 0.326 e. The van der Waals surface area contributed by atoms with Crippen LogP contribution in [0.1, 0.15) is 52.7 Å². The van der Waals surface area contributed by atoms with Gasteiger partial charge in [-0.3, -0.25) is 0 Å². The summed E-state index contributed by atoms with van der Waals surface area (Å²) in [5.74, 6) is 1.64. The van der Waals surface area contributed by atoms with Crippen molar-refractivity contribution in [2.24, 2.45) is 0 Å². The van der Waals surface area contributed by atoms with Gasteiger partial charge in [0.15, 0.2) is 0 Å². The molecule has 0 aliphatic rings. The first-order chi connectivity index (χ1) is 13.6. The van der Waals surface area contributed by atoms with Gasteiger partial charge in [0.1, 0.15) is 11.5 Å². The van der Waals surface area contributed by atoms with Crippen LogP contribution in [-0.2, 0) is 10.8 Å². The van der Waals surface area contributed by atoms with E-state index in [4.69, 9.17) is 9.05 Å². The summed E-state index contributed by atoms with van der Waals surface area (Å²) in [5, 5.41) is 1.04. The Kier molecular flexibility index (Phi) is 6.34. The molecule has 3 aromatic rings. The van der Waals surface area contributed by atoms with Crippen molar-refractivity contribution in [3.63, 3.8) is 0 Å². The topological polar surface area (TPSA) is 18.5 Å². The molecule has 0 saturated heterocycles. The van der Waals surface area contributed by atoms with Gasteiger partial charge in [0.05, 0.1) is 5.30 Å². The number of hydrogen-bond donors (Lipinski definition) is 0. The fourth-order valence-corrected chi connectivity index (χ4v) is 4.19. The second kappa shape index (κ2) is 8.59. The van der Waals surface area contributed by atoms with E-state index in [1.165, 1.54) is 11.1 Å².